The van der Waals surface area contributed by atoms with Crippen LogP contribution >= 0.6 is 16.1 Å². The molecule has 0 saturated heterocycles. The topological polar surface area (TPSA) is 6.48 Å². The van der Waals surface area contributed by atoms with Gasteiger partial charge in [0.05, 0.1) is 12.1 Å². The van der Waals surface area contributed by atoms with E-state index in [2.05, 4.69) is 125 Å². The summed E-state index contributed by atoms with van der Waals surface area (Å²) in [7, 11) is -0.656. The van der Waals surface area contributed by atoms with Gasteiger partial charge in [0.15, 0.2) is 0 Å². The van der Waals surface area contributed by atoms with Crippen molar-refractivity contribution in [1.82, 2.24) is 9.34 Å². The predicted molar refractivity (Wildman–Crippen MR) is 181 cm³/mol. The fourth-order valence-corrected chi connectivity index (χ4v) is 16.0. The molecule has 0 N–H and O–H groups in total. The molecule has 0 spiro atoms. The summed E-state index contributed by atoms with van der Waals surface area (Å²) >= 11 is 0. The highest BCUT2D eigenvalue weighted by molar-refractivity contribution is 7.59. The van der Waals surface area contributed by atoms with Crippen LogP contribution in [0.3, 0.4) is 0 Å². The first-order valence-corrected chi connectivity index (χ1v) is 20.1. The first-order chi connectivity index (χ1) is 20.0. The van der Waals surface area contributed by atoms with Gasteiger partial charge >= 0.3 is 0 Å². The molecule has 2 aliphatic heterocycles. The molecular weight excluding hydrogens is 546 g/mol. The van der Waals surface area contributed by atoms with Crippen molar-refractivity contribution in [2.45, 2.75) is 91.4 Å². The molecule has 2 saturated carbocycles. The number of hydrogen-bond donors (Lipinski definition) is 0. The second-order valence-corrected chi connectivity index (χ2v) is 19.8. The standard InChI is InChI=1S/C38H50N2P2/c1-23(25-15-11-9-12-16-25)39-35(33-29-19-27(37(29,3)4)21-31(33)41(39)7)36-34-30-20-28(38(30,5)6)22-32(34)42(8)40(36)24(2)26-17-13-10-14-18-26/h9-18,23-24,27-30,35-36H,19-22H2,1-8H3. The van der Waals surface area contributed by atoms with Gasteiger partial charge in [-0.05, 0) is 136 Å². The minimum Gasteiger partial charge on any atom is -0.263 e. The monoisotopic (exact) mass is 596 g/mol. The van der Waals surface area contributed by atoms with Gasteiger partial charge in [-0.1, -0.05) is 88.4 Å². The molecule has 2 nitrogen and oxygen atoms in total. The SMILES string of the molecule is CC(c1ccccc1)N1C(C2C3=C(CC4CC3C4(C)C)P(C)N2C(C)c2ccccc2)C2=C(CC3CC2C3(C)C)P1C. The van der Waals surface area contributed by atoms with Crippen LogP contribution < -0.4 is 0 Å². The Hall–Kier alpha value is -1.30. The number of rotatable bonds is 5. The molecular formula is C38H50N2P2. The second kappa shape index (κ2) is 9.60. The van der Waals surface area contributed by atoms with Crippen molar-refractivity contribution in [3.63, 3.8) is 0 Å². The molecule has 4 heteroatoms. The van der Waals surface area contributed by atoms with Crippen LogP contribution in [0, 0.1) is 34.5 Å². The highest BCUT2D eigenvalue weighted by atomic mass is 31.1. The van der Waals surface area contributed by atoms with Gasteiger partial charge in [-0.2, -0.15) is 0 Å². The molecule has 0 amide bonds. The van der Waals surface area contributed by atoms with Gasteiger partial charge in [0.1, 0.15) is 0 Å². The Bertz CT molecular complexity index is 1350. The quantitative estimate of drug-likeness (QED) is 0.317. The Morgan fingerprint density at radius 2 is 0.976 bits per heavy atom. The molecule has 222 valence electrons. The van der Waals surface area contributed by atoms with Gasteiger partial charge in [0.2, 0.25) is 0 Å². The zero-order chi connectivity index (χ0) is 29.3. The van der Waals surface area contributed by atoms with Gasteiger partial charge in [-0.15, -0.1) is 0 Å². The molecule has 10 rings (SSSR count). The fourth-order valence-electron chi connectivity index (χ4n) is 10.6. The highest BCUT2D eigenvalue weighted by Gasteiger charge is 2.65. The Morgan fingerprint density at radius 3 is 1.31 bits per heavy atom. The minimum absolute atomic E-state index is 0.328. The summed E-state index contributed by atoms with van der Waals surface area (Å²) in [6.07, 6.45) is 5.54. The van der Waals surface area contributed by atoms with E-state index in [4.69, 9.17) is 0 Å². The Morgan fingerprint density at radius 1 is 0.619 bits per heavy atom. The lowest BCUT2D eigenvalue weighted by molar-refractivity contribution is -0.0255. The third-order valence-corrected chi connectivity index (χ3v) is 18.6. The van der Waals surface area contributed by atoms with Crippen molar-refractivity contribution < 1.29 is 0 Å². The Labute approximate surface area is 257 Å². The lowest BCUT2D eigenvalue weighted by Crippen LogP contribution is -2.57. The molecule has 2 aromatic carbocycles. The summed E-state index contributed by atoms with van der Waals surface area (Å²) in [5.41, 5.74) is 7.68. The van der Waals surface area contributed by atoms with E-state index in [9.17, 15) is 0 Å². The highest BCUT2D eigenvalue weighted by Crippen LogP contribution is 2.77. The van der Waals surface area contributed by atoms with Gasteiger partial charge in [-0.3, -0.25) is 9.34 Å². The smallest absolute Gasteiger partial charge is 0.0560 e. The summed E-state index contributed by atoms with van der Waals surface area (Å²) in [5.74, 6) is 3.25. The molecule has 2 heterocycles. The fraction of sp³-hybridized carbons (Fsp3) is 0.579. The van der Waals surface area contributed by atoms with Crippen LogP contribution in [-0.4, -0.2) is 34.8 Å². The second-order valence-electron chi connectivity index (χ2n) is 15.7. The van der Waals surface area contributed by atoms with Gasteiger partial charge in [-0.25, -0.2) is 0 Å². The van der Waals surface area contributed by atoms with Crippen LogP contribution in [0.4, 0.5) is 0 Å². The van der Waals surface area contributed by atoms with Crippen LogP contribution in [0.25, 0.3) is 0 Å². The van der Waals surface area contributed by atoms with Crippen LogP contribution in [0.1, 0.15) is 90.4 Å². The number of hydrogen-bond acceptors (Lipinski definition) is 2. The largest absolute Gasteiger partial charge is 0.263 e. The average molecular weight is 597 g/mol. The van der Waals surface area contributed by atoms with Gasteiger partial charge in [0.25, 0.3) is 0 Å². The molecule has 0 aromatic heterocycles. The average Bonchev–Trinajstić information content (AvgIpc) is 3.47. The van der Waals surface area contributed by atoms with Gasteiger partial charge in [0, 0.05) is 12.1 Å². The summed E-state index contributed by atoms with van der Waals surface area (Å²) in [5, 5.41) is 3.78. The lowest BCUT2D eigenvalue weighted by atomic mass is 9.46. The van der Waals surface area contributed by atoms with E-state index < -0.39 is 0 Å². The van der Waals surface area contributed by atoms with Crippen molar-refractivity contribution >= 4 is 16.1 Å². The van der Waals surface area contributed by atoms with Crippen LogP contribution in [-0.2, 0) is 0 Å². The normalized spacial score (nSPS) is 39.3. The molecule has 10 unspecified atom stereocenters. The summed E-state index contributed by atoms with van der Waals surface area (Å²) in [6, 6.07) is 24.8. The third kappa shape index (κ3) is 3.65. The first-order valence-electron chi connectivity index (χ1n) is 16.6. The molecule has 4 bridgehead atoms. The van der Waals surface area contributed by atoms with Gasteiger partial charge < -0.3 is 0 Å². The molecule has 2 aromatic rings. The van der Waals surface area contributed by atoms with Crippen LogP contribution in [0.5, 0.6) is 0 Å². The zero-order valence-corrected chi connectivity index (χ0v) is 28.8. The molecule has 8 aliphatic rings. The maximum absolute atomic E-state index is 3.10. The van der Waals surface area contributed by atoms with E-state index in [1.54, 1.807) is 0 Å². The number of allylic oxidation sites excluding steroid dienone is 2. The first kappa shape index (κ1) is 28.2. The minimum atomic E-state index is -0.328. The Balaban J connectivity index is 1.32. The number of nitrogens with zero attached hydrogens (tertiary/aromatic N) is 2. The van der Waals surface area contributed by atoms with E-state index in [1.165, 1.54) is 36.8 Å². The predicted octanol–water partition coefficient (Wildman–Crippen LogP) is 10.6. The lowest BCUT2D eigenvalue weighted by Gasteiger charge is -2.60. The van der Waals surface area contributed by atoms with E-state index >= 15 is 0 Å². The third-order valence-electron chi connectivity index (χ3n) is 13.6. The van der Waals surface area contributed by atoms with E-state index in [0.717, 1.165) is 23.7 Å². The van der Waals surface area contributed by atoms with E-state index in [0.29, 0.717) is 35.0 Å². The number of benzene rings is 2. The van der Waals surface area contributed by atoms with Crippen LogP contribution in [0.15, 0.2) is 82.4 Å². The maximum Gasteiger partial charge on any atom is 0.0560 e. The Kier molecular flexibility index (Phi) is 6.44. The molecule has 2 fully saturated rings. The molecule has 6 aliphatic carbocycles. The summed E-state index contributed by atoms with van der Waals surface area (Å²) in [4.78, 5) is 0. The zero-order valence-electron chi connectivity index (χ0n) is 27.0. The molecule has 10 atom stereocenters. The molecule has 42 heavy (non-hydrogen) atoms. The van der Waals surface area contributed by atoms with Crippen molar-refractivity contribution in [3.05, 3.63) is 93.6 Å². The van der Waals surface area contributed by atoms with Crippen molar-refractivity contribution in [2.24, 2.45) is 34.5 Å². The summed E-state index contributed by atoms with van der Waals surface area (Å²) < 4.78 is 6.19. The van der Waals surface area contributed by atoms with Crippen molar-refractivity contribution in [2.75, 3.05) is 13.3 Å². The molecule has 0 radical (unpaired) electrons. The van der Waals surface area contributed by atoms with Crippen molar-refractivity contribution in [3.8, 4) is 0 Å². The van der Waals surface area contributed by atoms with Crippen LogP contribution in [0.2, 0.25) is 0 Å². The van der Waals surface area contributed by atoms with E-state index in [1.807, 2.05) is 21.8 Å². The summed E-state index contributed by atoms with van der Waals surface area (Å²) in [6.45, 7) is 20.7. The van der Waals surface area contributed by atoms with E-state index in [-0.39, 0.29) is 16.1 Å². The maximum atomic E-state index is 3.10. The van der Waals surface area contributed by atoms with Crippen molar-refractivity contribution in [1.29, 1.82) is 0 Å².